The highest BCUT2D eigenvalue weighted by Gasteiger charge is 2.51. The SMILES string of the molecule is COc1cccc2c1C(=O)c1c(O)c3c(c(O)c1C2=O)C[C@](O)(C(=O)CO)C[C@H]3OC1CC(NC(=O)OCc2ccc(NC(=O)O[C@@H]3O[C@H](C(=O)O)[C@@H](O)[C@H](O)[C@H]3O)cc2)C(O)[C@@H](C)O1. The number of ketones is 3. The summed E-state index contributed by atoms with van der Waals surface area (Å²) in [6.45, 7) is -0.00993. The monoisotopic (exact) mass is 912 g/mol. The second-order valence-electron chi connectivity index (χ2n) is 15.8. The third-order valence-corrected chi connectivity index (χ3v) is 11.7. The van der Waals surface area contributed by atoms with Crippen LogP contribution in [0.4, 0.5) is 15.3 Å². The molecule has 11 atom stereocenters. The van der Waals surface area contributed by atoms with Crippen LogP contribution in [-0.2, 0) is 46.3 Å². The minimum Gasteiger partial charge on any atom is -0.507 e. The van der Waals surface area contributed by atoms with Gasteiger partial charge >= 0.3 is 18.2 Å². The molecule has 23 nitrogen and oxygen atoms in total. The zero-order valence-electron chi connectivity index (χ0n) is 34.3. The molecule has 2 saturated heterocycles. The number of carboxylic acid groups (broad SMARTS) is 1. The number of nitrogens with one attached hydrogen (secondary N) is 2. The molecule has 2 heterocycles. The molecule has 2 aliphatic heterocycles. The van der Waals surface area contributed by atoms with Gasteiger partial charge < -0.3 is 79.7 Å². The quantitative estimate of drug-likeness (QED) is 0.0838. The summed E-state index contributed by atoms with van der Waals surface area (Å²) in [6.07, 6.45) is -19.0. The van der Waals surface area contributed by atoms with E-state index in [2.05, 4.69) is 10.6 Å². The standard InChI is InChI=1S/C42H44N2O21/c1-15-29(47)20(44-40(57)61-14-16-6-8-17(9-7-16)43-41(58)65-39-36(54)34(52)35(53)37(64-39)38(55)56)10-24(62-15)63-22-12-42(59,23(46)13-45)11-19-26(22)33(51)28-27(31(19)49)30(48)18-4-3-5-21(60-2)25(18)32(28)50/h3-9,15,20,22,24,29,34-37,39,45,47,49,51-54,59H,10-14H2,1-2H3,(H,43,58)(H,44,57)(H,55,56)/t15-,20?,22-,24?,29?,34+,35+,36-,37+,39+,42-/m1/s1. The van der Waals surface area contributed by atoms with Gasteiger partial charge in [0.15, 0.2) is 24.0 Å². The molecule has 3 unspecified atom stereocenters. The summed E-state index contributed by atoms with van der Waals surface area (Å²) < 4.78 is 32.5. The highest BCUT2D eigenvalue weighted by atomic mass is 16.7. The number of carboxylic acids is 1. The van der Waals surface area contributed by atoms with Crippen LogP contribution in [0.5, 0.6) is 17.2 Å². The van der Waals surface area contributed by atoms with E-state index in [0.29, 0.717) is 5.56 Å². The molecule has 11 N–H and O–H groups in total. The summed E-state index contributed by atoms with van der Waals surface area (Å²) in [7, 11) is 1.27. The Kier molecular flexibility index (Phi) is 13.2. The largest absolute Gasteiger partial charge is 0.507 e. The Morgan fingerprint density at radius 2 is 1.55 bits per heavy atom. The predicted molar refractivity (Wildman–Crippen MR) is 212 cm³/mol. The number of phenolic OH excluding ortho intramolecular Hbond substituents is 2. The van der Waals surface area contributed by atoms with Gasteiger partial charge in [0.1, 0.15) is 60.5 Å². The Balaban J connectivity index is 1.02. The number of aliphatic carboxylic acids is 1. The summed E-state index contributed by atoms with van der Waals surface area (Å²) in [5.41, 5.74) is -3.92. The van der Waals surface area contributed by atoms with Crippen molar-refractivity contribution in [3.63, 3.8) is 0 Å². The van der Waals surface area contributed by atoms with Gasteiger partial charge in [0.2, 0.25) is 12.1 Å². The molecule has 4 aliphatic rings. The number of alkyl carbamates (subject to hydrolysis) is 1. The highest BCUT2D eigenvalue weighted by molar-refractivity contribution is 6.31. The minimum absolute atomic E-state index is 0.0185. The van der Waals surface area contributed by atoms with Crippen LogP contribution >= 0.6 is 0 Å². The molecule has 0 radical (unpaired) electrons. The number of Topliss-reactive ketones (excluding diaryl/α,β-unsaturated/α-hetero) is 1. The van der Waals surface area contributed by atoms with E-state index >= 15 is 0 Å². The van der Waals surface area contributed by atoms with Gasteiger partial charge in [-0.2, -0.15) is 0 Å². The fraction of sp³-hybridized carbons (Fsp3) is 0.429. The van der Waals surface area contributed by atoms with Crippen LogP contribution in [0.2, 0.25) is 0 Å². The van der Waals surface area contributed by atoms with Crippen LogP contribution in [0.25, 0.3) is 0 Å². The van der Waals surface area contributed by atoms with E-state index in [4.69, 9.17) is 28.4 Å². The zero-order valence-corrected chi connectivity index (χ0v) is 34.3. The summed E-state index contributed by atoms with van der Waals surface area (Å²) in [5, 5.41) is 99.5. The maximum atomic E-state index is 14.0. The summed E-state index contributed by atoms with van der Waals surface area (Å²) in [4.78, 5) is 77.5. The zero-order chi connectivity index (χ0) is 47.2. The molecule has 2 amide bonds. The average molecular weight is 913 g/mol. The number of benzene rings is 3. The van der Waals surface area contributed by atoms with Gasteiger partial charge in [-0.1, -0.05) is 24.3 Å². The summed E-state index contributed by atoms with van der Waals surface area (Å²) in [5.74, 6) is -6.06. The Labute approximate surface area is 366 Å². The lowest BCUT2D eigenvalue weighted by molar-refractivity contribution is -0.277. The van der Waals surface area contributed by atoms with Crippen LogP contribution < -0.4 is 15.4 Å². The number of rotatable bonds is 11. The van der Waals surface area contributed by atoms with E-state index in [1.54, 1.807) is 0 Å². The number of anilines is 1. The lowest BCUT2D eigenvalue weighted by Crippen LogP contribution is -2.60. The first kappa shape index (κ1) is 46.7. The number of hydrogen-bond donors (Lipinski definition) is 11. The number of carbonyl (C=O) groups excluding carboxylic acids is 5. The van der Waals surface area contributed by atoms with E-state index < -0.39 is 145 Å². The van der Waals surface area contributed by atoms with Crippen molar-refractivity contribution >= 4 is 41.2 Å². The number of fused-ring (bicyclic) bond motifs is 3. The van der Waals surface area contributed by atoms with Gasteiger partial charge in [0.25, 0.3) is 0 Å². The molecule has 7 rings (SSSR count). The van der Waals surface area contributed by atoms with Crippen LogP contribution in [-0.4, -0.2) is 156 Å². The van der Waals surface area contributed by atoms with Gasteiger partial charge in [-0.05, 0) is 30.7 Å². The number of methoxy groups -OCH3 is 1. The molecule has 0 saturated carbocycles. The number of ether oxygens (including phenoxy) is 6. The molecule has 23 heteroatoms. The molecule has 0 bridgehead atoms. The van der Waals surface area contributed by atoms with Crippen molar-refractivity contribution in [2.24, 2.45) is 0 Å². The van der Waals surface area contributed by atoms with E-state index in [1.165, 1.54) is 56.5 Å². The average Bonchev–Trinajstić information content (AvgIpc) is 3.27. The van der Waals surface area contributed by atoms with Crippen molar-refractivity contribution in [3.8, 4) is 17.2 Å². The van der Waals surface area contributed by atoms with Crippen molar-refractivity contribution in [1.82, 2.24) is 5.32 Å². The molecule has 348 valence electrons. The van der Waals surface area contributed by atoms with Crippen LogP contribution in [0, 0.1) is 0 Å². The first-order chi connectivity index (χ1) is 30.8. The van der Waals surface area contributed by atoms with Gasteiger partial charge in [-0.3, -0.25) is 19.7 Å². The van der Waals surface area contributed by atoms with E-state index in [0.717, 1.165) is 0 Å². The minimum atomic E-state index is -2.41. The lowest BCUT2D eigenvalue weighted by atomic mass is 9.72. The summed E-state index contributed by atoms with van der Waals surface area (Å²) in [6, 6.07) is 8.72. The topological polar surface area (TPSA) is 364 Å². The van der Waals surface area contributed by atoms with Crippen molar-refractivity contribution in [2.45, 2.75) is 99.7 Å². The van der Waals surface area contributed by atoms with Crippen molar-refractivity contribution < 1.29 is 103 Å². The first-order valence-electron chi connectivity index (χ1n) is 19.9. The fourth-order valence-electron chi connectivity index (χ4n) is 8.29. The molecule has 0 aromatic heterocycles. The number of phenols is 2. The Morgan fingerprint density at radius 3 is 2.22 bits per heavy atom. The lowest BCUT2D eigenvalue weighted by Gasteiger charge is -2.42. The molecule has 3 aromatic rings. The number of amides is 2. The number of aromatic hydroxyl groups is 2. The Bertz CT molecular complexity index is 2410. The van der Waals surface area contributed by atoms with E-state index in [1.807, 2.05) is 0 Å². The third-order valence-electron chi connectivity index (χ3n) is 11.7. The number of carbonyl (C=O) groups is 6. The van der Waals surface area contributed by atoms with Crippen LogP contribution in [0.15, 0.2) is 42.5 Å². The van der Waals surface area contributed by atoms with Gasteiger partial charge in [-0.25, -0.2) is 14.4 Å². The Hall–Kier alpha value is -6.28. The molecular weight excluding hydrogens is 868 g/mol. The maximum Gasteiger partial charge on any atom is 0.414 e. The number of hydrogen-bond acceptors (Lipinski definition) is 20. The Morgan fingerprint density at radius 1 is 0.862 bits per heavy atom. The molecule has 0 spiro atoms. The fourth-order valence-corrected chi connectivity index (χ4v) is 8.29. The summed E-state index contributed by atoms with van der Waals surface area (Å²) >= 11 is 0. The van der Waals surface area contributed by atoms with Gasteiger partial charge in [0, 0.05) is 41.6 Å². The first-order valence-corrected chi connectivity index (χ1v) is 19.9. The maximum absolute atomic E-state index is 14.0. The molecule has 3 aromatic carbocycles. The van der Waals surface area contributed by atoms with Gasteiger partial charge in [0.05, 0.1) is 42.0 Å². The molecule has 2 aliphatic carbocycles. The van der Waals surface area contributed by atoms with Crippen molar-refractivity contribution in [1.29, 1.82) is 0 Å². The molecular formula is C42H44N2O21. The van der Waals surface area contributed by atoms with Crippen molar-refractivity contribution in [2.75, 3.05) is 19.0 Å². The highest BCUT2D eigenvalue weighted by Crippen LogP contribution is 2.52. The van der Waals surface area contributed by atoms with Crippen molar-refractivity contribution in [3.05, 3.63) is 81.4 Å². The van der Waals surface area contributed by atoms with Crippen LogP contribution in [0.1, 0.15) is 74.4 Å². The predicted octanol–water partition coefficient (Wildman–Crippen LogP) is -0.590. The second-order valence-corrected chi connectivity index (χ2v) is 15.8. The van der Waals surface area contributed by atoms with E-state index in [-0.39, 0.29) is 46.7 Å². The third kappa shape index (κ3) is 8.80. The van der Waals surface area contributed by atoms with E-state index in [9.17, 15) is 74.7 Å². The number of aliphatic hydroxyl groups excluding tert-OH is 5. The molecule has 65 heavy (non-hydrogen) atoms. The second kappa shape index (κ2) is 18.3. The van der Waals surface area contributed by atoms with Gasteiger partial charge in [-0.15, -0.1) is 0 Å². The smallest absolute Gasteiger partial charge is 0.414 e. The van der Waals surface area contributed by atoms with Crippen LogP contribution in [0.3, 0.4) is 0 Å². The molecule has 2 fully saturated rings. The number of aliphatic hydroxyl groups is 6. The normalized spacial score (nSPS) is 29.4.